The molecule has 0 radical (unpaired) electrons. The molecule has 90 valence electrons. The number of carbonyl (C=O) groups excluding carboxylic acids is 1. The fraction of sp³-hybridized carbons (Fsp3) is 0.455. The van der Waals surface area contributed by atoms with Gasteiger partial charge in [0.25, 0.3) is 0 Å². The van der Waals surface area contributed by atoms with Gasteiger partial charge in [0, 0.05) is 19.8 Å². The molecule has 1 aromatic heterocycles. The van der Waals surface area contributed by atoms with Crippen LogP contribution in [0.2, 0.25) is 0 Å². The average Bonchev–Trinajstić information content (AvgIpc) is 2.26. The number of aryl methyl sites for hydroxylation is 1. The molecule has 6 nitrogen and oxygen atoms in total. The molecule has 0 aromatic carbocycles. The third-order valence-corrected chi connectivity index (χ3v) is 2.13. The second-order valence-electron chi connectivity index (χ2n) is 3.93. The molecule has 0 spiro atoms. The Morgan fingerprint density at radius 3 is 2.71 bits per heavy atom. The van der Waals surface area contributed by atoms with Crippen LogP contribution >= 0.6 is 0 Å². The molecule has 1 N–H and O–H groups in total. The zero-order valence-electron chi connectivity index (χ0n) is 10.4. The number of nitrogens with zero attached hydrogens (tertiary/aromatic N) is 4. The number of nitriles is 1. The van der Waals surface area contributed by atoms with Gasteiger partial charge in [0.05, 0.1) is 0 Å². The summed E-state index contributed by atoms with van der Waals surface area (Å²) < 4.78 is 0. The minimum absolute atomic E-state index is 0.0754. The lowest BCUT2D eigenvalue weighted by Crippen LogP contribution is -2.37. The van der Waals surface area contributed by atoms with Crippen molar-refractivity contribution in [2.24, 2.45) is 0 Å². The quantitative estimate of drug-likeness (QED) is 0.824. The van der Waals surface area contributed by atoms with Gasteiger partial charge < -0.3 is 10.2 Å². The molecule has 0 aliphatic carbocycles. The summed E-state index contributed by atoms with van der Waals surface area (Å²) in [6.07, 6.45) is 0. The zero-order valence-corrected chi connectivity index (χ0v) is 10.4. The highest BCUT2D eigenvalue weighted by molar-refractivity contribution is 5.83. The van der Waals surface area contributed by atoms with E-state index in [0.29, 0.717) is 11.6 Å². The molecule has 6 heteroatoms. The molecule has 0 saturated heterocycles. The second kappa shape index (κ2) is 5.25. The average molecular weight is 233 g/mol. The molecule has 1 amide bonds. The number of anilines is 1. The van der Waals surface area contributed by atoms with Crippen LogP contribution in [0.5, 0.6) is 0 Å². The number of likely N-dealkylation sites (N-methyl/N-ethyl adjacent to an activating group) is 1. The van der Waals surface area contributed by atoms with Gasteiger partial charge in [0.2, 0.25) is 11.9 Å². The SMILES string of the molecule is Cc1cc(C#N)nc(NC(C)C(=O)N(C)C)n1. The molecular weight excluding hydrogens is 218 g/mol. The maximum absolute atomic E-state index is 11.6. The predicted molar refractivity (Wildman–Crippen MR) is 63.3 cm³/mol. The lowest BCUT2D eigenvalue weighted by molar-refractivity contribution is -0.129. The Balaban J connectivity index is 2.85. The van der Waals surface area contributed by atoms with Gasteiger partial charge in [-0.25, -0.2) is 9.97 Å². The first-order chi connectivity index (χ1) is 7.93. The van der Waals surface area contributed by atoms with Crippen molar-refractivity contribution in [3.63, 3.8) is 0 Å². The van der Waals surface area contributed by atoms with Gasteiger partial charge in [0.15, 0.2) is 0 Å². The van der Waals surface area contributed by atoms with E-state index in [2.05, 4.69) is 15.3 Å². The van der Waals surface area contributed by atoms with Gasteiger partial charge in [0.1, 0.15) is 17.8 Å². The Hall–Kier alpha value is -2.16. The number of aromatic nitrogens is 2. The molecule has 0 bridgehead atoms. The summed E-state index contributed by atoms with van der Waals surface area (Å²) in [6, 6.07) is 3.10. The van der Waals surface area contributed by atoms with Gasteiger partial charge >= 0.3 is 0 Å². The number of carbonyl (C=O) groups is 1. The number of hydrogen-bond donors (Lipinski definition) is 1. The van der Waals surface area contributed by atoms with E-state index < -0.39 is 6.04 Å². The van der Waals surface area contributed by atoms with Crippen LogP contribution in [-0.4, -0.2) is 40.9 Å². The topological polar surface area (TPSA) is 81.9 Å². The maximum Gasteiger partial charge on any atom is 0.244 e. The Labute approximate surface area is 100 Å². The first-order valence-electron chi connectivity index (χ1n) is 5.17. The van der Waals surface area contributed by atoms with Crippen LogP contribution in [0.3, 0.4) is 0 Å². The molecule has 1 heterocycles. The molecular formula is C11H15N5O. The van der Waals surface area contributed by atoms with Gasteiger partial charge in [-0.1, -0.05) is 0 Å². The number of amides is 1. The summed E-state index contributed by atoms with van der Waals surface area (Å²) in [5.74, 6) is 0.220. The second-order valence-corrected chi connectivity index (χ2v) is 3.93. The first-order valence-corrected chi connectivity index (χ1v) is 5.17. The van der Waals surface area contributed by atoms with E-state index in [-0.39, 0.29) is 11.6 Å². The van der Waals surface area contributed by atoms with Crippen molar-refractivity contribution in [3.8, 4) is 6.07 Å². The Morgan fingerprint density at radius 2 is 2.18 bits per heavy atom. The number of rotatable bonds is 3. The van der Waals surface area contributed by atoms with Crippen molar-refractivity contribution in [1.29, 1.82) is 5.26 Å². The smallest absolute Gasteiger partial charge is 0.244 e. The van der Waals surface area contributed by atoms with Gasteiger partial charge in [-0.05, 0) is 19.9 Å². The van der Waals surface area contributed by atoms with E-state index in [1.165, 1.54) is 4.90 Å². The van der Waals surface area contributed by atoms with Crippen molar-refractivity contribution < 1.29 is 4.79 Å². The number of nitrogens with one attached hydrogen (secondary N) is 1. The summed E-state index contributed by atoms with van der Waals surface area (Å²) in [5, 5.41) is 11.6. The fourth-order valence-corrected chi connectivity index (χ4v) is 1.33. The molecule has 0 aliphatic rings. The third-order valence-electron chi connectivity index (χ3n) is 2.13. The zero-order chi connectivity index (χ0) is 13.0. The molecule has 0 saturated carbocycles. The summed E-state index contributed by atoms with van der Waals surface area (Å²) in [7, 11) is 3.36. The molecule has 1 aromatic rings. The minimum atomic E-state index is -0.432. The highest BCUT2D eigenvalue weighted by Gasteiger charge is 2.15. The van der Waals surface area contributed by atoms with Crippen molar-refractivity contribution in [2.45, 2.75) is 19.9 Å². The van der Waals surface area contributed by atoms with Crippen molar-refractivity contribution in [1.82, 2.24) is 14.9 Å². The maximum atomic E-state index is 11.6. The first kappa shape index (κ1) is 12.9. The van der Waals surface area contributed by atoms with Crippen molar-refractivity contribution in [3.05, 3.63) is 17.5 Å². The van der Waals surface area contributed by atoms with E-state index in [1.807, 2.05) is 6.07 Å². The highest BCUT2D eigenvalue weighted by Crippen LogP contribution is 2.06. The van der Waals surface area contributed by atoms with Gasteiger partial charge in [-0.3, -0.25) is 4.79 Å². The van der Waals surface area contributed by atoms with Crippen LogP contribution in [0.15, 0.2) is 6.07 Å². The summed E-state index contributed by atoms with van der Waals surface area (Å²) in [5.41, 5.74) is 0.966. The predicted octanol–water partition coefficient (Wildman–Crippen LogP) is 0.545. The van der Waals surface area contributed by atoms with Crippen LogP contribution < -0.4 is 5.32 Å². The molecule has 0 fully saturated rings. The molecule has 0 aliphatic heterocycles. The van der Waals surface area contributed by atoms with E-state index >= 15 is 0 Å². The van der Waals surface area contributed by atoms with E-state index in [1.54, 1.807) is 34.0 Å². The van der Waals surface area contributed by atoms with Crippen LogP contribution in [0.25, 0.3) is 0 Å². The van der Waals surface area contributed by atoms with Crippen LogP contribution in [0, 0.1) is 18.3 Å². The molecule has 1 unspecified atom stereocenters. The minimum Gasteiger partial charge on any atom is -0.347 e. The Kier molecular flexibility index (Phi) is 3.99. The van der Waals surface area contributed by atoms with Crippen LogP contribution in [0.1, 0.15) is 18.3 Å². The fourth-order valence-electron chi connectivity index (χ4n) is 1.33. The lowest BCUT2D eigenvalue weighted by Gasteiger charge is -2.17. The summed E-state index contributed by atoms with van der Waals surface area (Å²) >= 11 is 0. The van der Waals surface area contributed by atoms with Crippen molar-refractivity contribution >= 4 is 11.9 Å². The highest BCUT2D eigenvalue weighted by atomic mass is 16.2. The largest absolute Gasteiger partial charge is 0.347 e. The van der Waals surface area contributed by atoms with E-state index in [9.17, 15) is 4.79 Å². The molecule has 1 atom stereocenters. The van der Waals surface area contributed by atoms with E-state index in [0.717, 1.165) is 0 Å². The summed E-state index contributed by atoms with van der Waals surface area (Å²) in [6.45, 7) is 3.49. The number of hydrogen-bond acceptors (Lipinski definition) is 5. The lowest BCUT2D eigenvalue weighted by atomic mass is 10.3. The third kappa shape index (κ3) is 3.41. The van der Waals surface area contributed by atoms with Crippen LogP contribution in [-0.2, 0) is 4.79 Å². The summed E-state index contributed by atoms with van der Waals surface area (Å²) in [4.78, 5) is 21.2. The van der Waals surface area contributed by atoms with Crippen LogP contribution in [0.4, 0.5) is 5.95 Å². The standard InChI is InChI=1S/C11H15N5O/c1-7-5-9(6-12)15-11(13-7)14-8(2)10(17)16(3)4/h5,8H,1-4H3,(H,13,14,15). The van der Waals surface area contributed by atoms with E-state index in [4.69, 9.17) is 5.26 Å². The Morgan fingerprint density at radius 1 is 1.53 bits per heavy atom. The molecule has 17 heavy (non-hydrogen) atoms. The van der Waals surface area contributed by atoms with Gasteiger partial charge in [-0.15, -0.1) is 0 Å². The monoisotopic (exact) mass is 233 g/mol. The van der Waals surface area contributed by atoms with Crippen molar-refractivity contribution in [2.75, 3.05) is 19.4 Å². The Bertz CT molecular complexity index is 463. The normalized spacial score (nSPS) is 11.5. The van der Waals surface area contributed by atoms with Gasteiger partial charge in [-0.2, -0.15) is 5.26 Å². The molecule has 1 rings (SSSR count).